The van der Waals surface area contributed by atoms with E-state index in [4.69, 9.17) is 5.73 Å². The zero-order chi connectivity index (χ0) is 11.4. The van der Waals surface area contributed by atoms with Crippen LogP contribution in [0.1, 0.15) is 30.9 Å². The van der Waals surface area contributed by atoms with Crippen LogP contribution in [0.25, 0.3) is 0 Å². The molecule has 2 N–H and O–H groups in total. The molecule has 1 aromatic rings. The summed E-state index contributed by atoms with van der Waals surface area (Å²) in [7, 11) is 0. The van der Waals surface area contributed by atoms with Crippen molar-refractivity contribution in [2.45, 2.75) is 32.9 Å². The number of nitrogens with zero attached hydrogens (tertiary/aromatic N) is 1. The number of rotatable bonds is 3. The third-order valence-electron chi connectivity index (χ3n) is 3.54. The van der Waals surface area contributed by atoms with Crippen molar-refractivity contribution in [2.75, 3.05) is 13.1 Å². The SMILES string of the molecule is CC1CCN(Cc2ccc(CN)cc2)CC1. The van der Waals surface area contributed by atoms with Crippen LogP contribution in [-0.4, -0.2) is 18.0 Å². The highest BCUT2D eigenvalue weighted by atomic mass is 15.1. The minimum Gasteiger partial charge on any atom is -0.326 e. The third-order valence-corrected chi connectivity index (χ3v) is 3.54. The van der Waals surface area contributed by atoms with Crippen molar-refractivity contribution in [1.29, 1.82) is 0 Å². The van der Waals surface area contributed by atoms with E-state index in [-0.39, 0.29) is 0 Å². The highest BCUT2D eigenvalue weighted by Gasteiger charge is 2.15. The molecule has 2 heteroatoms. The minimum atomic E-state index is 0.640. The Morgan fingerprint density at radius 1 is 1.12 bits per heavy atom. The van der Waals surface area contributed by atoms with Crippen molar-refractivity contribution in [2.24, 2.45) is 11.7 Å². The minimum absolute atomic E-state index is 0.640. The Morgan fingerprint density at radius 2 is 1.69 bits per heavy atom. The summed E-state index contributed by atoms with van der Waals surface area (Å²) in [6.07, 6.45) is 2.70. The molecule has 1 aliphatic rings. The van der Waals surface area contributed by atoms with E-state index in [1.807, 2.05) is 0 Å². The van der Waals surface area contributed by atoms with E-state index >= 15 is 0 Å². The molecule has 16 heavy (non-hydrogen) atoms. The van der Waals surface area contributed by atoms with Gasteiger partial charge in [0.2, 0.25) is 0 Å². The van der Waals surface area contributed by atoms with Crippen LogP contribution in [0.5, 0.6) is 0 Å². The Morgan fingerprint density at radius 3 is 2.25 bits per heavy atom. The summed E-state index contributed by atoms with van der Waals surface area (Å²) in [5.41, 5.74) is 8.22. The molecule has 0 unspecified atom stereocenters. The first kappa shape index (κ1) is 11.6. The van der Waals surface area contributed by atoms with Crippen molar-refractivity contribution in [3.63, 3.8) is 0 Å². The molecule has 2 rings (SSSR count). The van der Waals surface area contributed by atoms with Crippen LogP contribution in [0.15, 0.2) is 24.3 Å². The highest BCUT2D eigenvalue weighted by molar-refractivity contribution is 5.22. The van der Waals surface area contributed by atoms with Gasteiger partial charge in [-0.1, -0.05) is 31.2 Å². The normalized spacial score (nSPS) is 18.9. The number of benzene rings is 1. The molecule has 1 fully saturated rings. The lowest BCUT2D eigenvalue weighted by molar-refractivity contribution is 0.185. The predicted molar refractivity (Wildman–Crippen MR) is 68.0 cm³/mol. The fraction of sp³-hybridized carbons (Fsp3) is 0.571. The molecule has 0 saturated carbocycles. The van der Waals surface area contributed by atoms with Crippen LogP contribution in [0.3, 0.4) is 0 Å². The number of likely N-dealkylation sites (tertiary alicyclic amines) is 1. The van der Waals surface area contributed by atoms with Gasteiger partial charge in [0, 0.05) is 13.1 Å². The first-order chi connectivity index (χ1) is 7.78. The monoisotopic (exact) mass is 218 g/mol. The molecule has 0 aliphatic carbocycles. The maximum absolute atomic E-state index is 5.59. The topological polar surface area (TPSA) is 29.3 Å². The van der Waals surface area contributed by atoms with Crippen molar-refractivity contribution in [1.82, 2.24) is 4.90 Å². The number of hydrogen-bond donors (Lipinski definition) is 1. The smallest absolute Gasteiger partial charge is 0.0233 e. The van der Waals surface area contributed by atoms with Crippen LogP contribution >= 0.6 is 0 Å². The molecule has 1 heterocycles. The van der Waals surface area contributed by atoms with Crippen molar-refractivity contribution >= 4 is 0 Å². The molecule has 0 aromatic heterocycles. The molecule has 0 atom stereocenters. The Hall–Kier alpha value is -0.860. The second-order valence-corrected chi connectivity index (χ2v) is 4.98. The summed E-state index contributed by atoms with van der Waals surface area (Å²) in [4.78, 5) is 2.55. The molecular formula is C14H22N2. The Bertz CT molecular complexity index is 310. The average Bonchev–Trinajstić information content (AvgIpc) is 2.33. The van der Waals surface area contributed by atoms with Gasteiger partial charge in [-0.2, -0.15) is 0 Å². The Balaban J connectivity index is 1.88. The van der Waals surface area contributed by atoms with E-state index in [2.05, 4.69) is 36.1 Å². The van der Waals surface area contributed by atoms with Gasteiger partial charge < -0.3 is 5.73 Å². The summed E-state index contributed by atoms with van der Waals surface area (Å²) in [5, 5.41) is 0. The summed E-state index contributed by atoms with van der Waals surface area (Å²) >= 11 is 0. The summed E-state index contributed by atoms with van der Waals surface area (Å²) < 4.78 is 0. The van der Waals surface area contributed by atoms with Crippen LogP contribution in [-0.2, 0) is 13.1 Å². The van der Waals surface area contributed by atoms with Crippen LogP contribution in [0, 0.1) is 5.92 Å². The van der Waals surface area contributed by atoms with Crippen molar-refractivity contribution in [3.05, 3.63) is 35.4 Å². The van der Waals surface area contributed by atoms with Crippen molar-refractivity contribution < 1.29 is 0 Å². The first-order valence-corrected chi connectivity index (χ1v) is 6.28. The zero-order valence-electron chi connectivity index (χ0n) is 10.2. The van der Waals surface area contributed by atoms with Gasteiger partial charge in [0.1, 0.15) is 0 Å². The maximum atomic E-state index is 5.59. The van der Waals surface area contributed by atoms with Crippen molar-refractivity contribution in [3.8, 4) is 0 Å². The Kier molecular flexibility index (Phi) is 3.97. The van der Waals surface area contributed by atoms with E-state index in [1.165, 1.54) is 37.1 Å². The molecule has 1 aliphatic heterocycles. The molecule has 1 aromatic carbocycles. The third kappa shape index (κ3) is 3.06. The highest BCUT2D eigenvalue weighted by Crippen LogP contribution is 2.18. The molecule has 0 spiro atoms. The number of nitrogens with two attached hydrogens (primary N) is 1. The molecule has 0 bridgehead atoms. The molecule has 0 radical (unpaired) electrons. The molecule has 2 nitrogen and oxygen atoms in total. The summed E-state index contributed by atoms with van der Waals surface area (Å²) in [6, 6.07) is 8.70. The quantitative estimate of drug-likeness (QED) is 0.844. The molecule has 1 saturated heterocycles. The van der Waals surface area contributed by atoms with Gasteiger partial charge in [-0.25, -0.2) is 0 Å². The molecular weight excluding hydrogens is 196 g/mol. The molecule has 88 valence electrons. The predicted octanol–water partition coefficient (Wildman–Crippen LogP) is 2.38. The lowest BCUT2D eigenvalue weighted by atomic mass is 9.99. The van der Waals surface area contributed by atoms with Gasteiger partial charge in [-0.3, -0.25) is 4.90 Å². The van der Waals surface area contributed by atoms with E-state index in [0.717, 1.165) is 12.5 Å². The van der Waals surface area contributed by atoms with E-state index in [1.54, 1.807) is 0 Å². The van der Waals surface area contributed by atoms with Gasteiger partial charge in [-0.15, -0.1) is 0 Å². The lowest BCUT2D eigenvalue weighted by Crippen LogP contribution is -2.32. The summed E-state index contributed by atoms with van der Waals surface area (Å²) in [5.74, 6) is 0.913. The second-order valence-electron chi connectivity index (χ2n) is 4.98. The van der Waals surface area contributed by atoms with Gasteiger partial charge in [0.15, 0.2) is 0 Å². The van der Waals surface area contributed by atoms with Crippen LogP contribution < -0.4 is 5.73 Å². The first-order valence-electron chi connectivity index (χ1n) is 6.28. The fourth-order valence-electron chi connectivity index (χ4n) is 2.26. The lowest BCUT2D eigenvalue weighted by Gasteiger charge is -2.30. The van der Waals surface area contributed by atoms with Gasteiger partial charge in [-0.05, 0) is 43.0 Å². The van der Waals surface area contributed by atoms with Crippen LogP contribution in [0.2, 0.25) is 0 Å². The molecule has 0 amide bonds. The van der Waals surface area contributed by atoms with E-state index in [0.29, 0.717) is 6.54 Å². The second kappa shape index (κ2) is 5.46. The Labute approximate surface area is 98.4 Å². The van der Waals surface area contributed by atoms with Gasteiger partial charge >= 0.3 is 0 Å². The number of piperidine rings is 1. The largest absolute Gasteiger partial charge is 0.326 e. The van der Waals surface area contributed by atoms with Gasteiger partial charge in [0.05, 0.1) is 0 Å². The van der Waals surface area contributed by atoms with Gasteiger partial charge in [0.25, 0.3) is 0 Å². The average molecular weight is 218 g/mol. The van der Waals surface area contributed by atoms with E-state index in [9.17, 15) is 0 Å². The van der Waals surface area contributed by atoms with E-state index < -0.39 is 0 Å². The van der Waals surface area contributed by atoms with Crippen LogP contribution in [0.4, 0.5) is 0 Å². The maximum Gasteiger partial charge on any atom is 0.0233 e. The zero-order valence-corrected chi connectivity index (χ0v) is 10.2. The fourth-order valence-corrected chi connectivity index (χ4v) is 2.26. The standard InChI is InChI=1S/C14H22N2/c1-12-6-8-16(9-7-12)11-14-4-2-13(10-15)3-5-14/h2-5,12H,6-11,15H2,1H3. The number of hydrogen-bond acceptors (Lipinski definition) is 2. The summed E-state index contributed by atoms with van der Waals surface area (Å²) in [6.45, 7) is 6.59.